The molecule has 7 heteroatoms. The number of benzene rings is 2. The Morgan fingerprint density at radius 2 is 1.60 bits per heavy atom. The van der Waals surface area contributed by atoms with E-state index in [4.69, 9.17) is 9.47 Å². The van der Waals surface area contributed by atoms with Crippen molar-refractivity contribution in [1.82, 2.24) is 4.90 Å². The van der Waals surface area contributed by atoms with Crippen molar-refractivity contribution in [2.45, 2.75) is 45.1 Å². The van der Waals surface area contributed by atoms with Gasteiger partial charge in [-0.3, -0.25) is 14.4 Å². The summed E-state index contributed by atoms with van der Waals surface area (Å²) in [5, 5.41) is 11.7. The number of amides is 1. The summed E-state index contributed by atoms with van der Waals surface area (Å²) in [6.07, 6.45) is -0.288. The average molecular weight is 415 g/mol. The third kappa shape index (κ3) is 5.49. The van der Waals surface area contributed by atoms with E-state index in [0.717, 1.165) is 10.8 Å². The van der Waals surface area contributed by atoms with Gasteiger partial charge in [-0.15, -0.1) is 0 Å². The van der Waals surface area contributed by atoms with Crippen LogP contribution >= 0.6 is 0 Å². The highest BCUT2D eigenvalue weighted by atomic mass is 16.6. The van der Waals surface area contributed by atoms with E-state index < -0.39 is 28.9 Å². The molecule has 2 aromatic rings. The van der Waals surface area contributed by atoms with Gasteiger partial charge in [0.2, 0.25) is 5.91 Å². The zero-order valence-electron chi connectivity index (χ0n) is 18.3. The van der Waals surface area contributed by atoms with Crippen molar-refractivity contribution < 1.29 is 29.0 Å². The van der Waals surface area contributed by atoms with E-state index in [1.165, 1.54) is 18.9 Å². The molecule has 0 aliphatic carbocycles. The van der Waals surface area contributed by atoms with E-state index in [-0.39, 0.29) is 13.0 Å². The fourth-order valence-electron chi connectivity index (χ4n) is 3.09. The maximum absolute atomic E-state index is 12.7. The van der Waals surface area contributed by atoms with Crippen molar-refractivity contribution in [3.63, 3.8) is 0 Å². The molecular formula is C23H29NO6. The molecule has 0 radical (unpaired) electrons. The van der Waals surface area contributed by atoms with Gasteiger partial charge in [0.05, 0.1) is 12.5 Å². The van der Waals surface area contributed by atoms with Crippen LogP contribution in [-0.2, 0) is 24.5 Å². The average Bonchev–Trinajstić information content (AvgIpc) is 2.65. The van der Waals surface area contributed by atoms with Crippen LogP contribution in [0.5, 0.6) is 5.75 Å². The van der Waals surface area contributed by atoms with E-state index in [9.17, 15) is 19.5 Å². The molecule has 0 fully saturated rings. The standard InChI is InChI=1S/C23H29NO6/c1-22(2,3)30-20(26)14-24(5)19(25)13-23(4,21(27)28)17-9-7-16-12-18(29-6)10-8-15(16)11-17/h7-12H,13-14H2,1-6H3,(H,27,28)/t23-/m0/s1. The molecule has 0 saturated carbocycles. The van der Waals surface area contributed by atoms with E-state index >= 15 is 0 Å². The normalized spacial score (nSPS) is 13.4. The minimum atomic E-state index is -1.45. The van der Waals surface area contributed by atoms with E-state index in [2.05, 4.69) is 0 Å². The van der Waals surface area contributed by atoms with Crippen LogP contribution in [0.1, 0.15) is 39.7 Å². The maximum Gasteiger partial charge on any atom is 0.326 e. The molecule has 0 bridgehead atoms. The first-order chi connectivity index (χ1) is 13.9. The number of nitrogens with zero attached hydrogens (tertiary/aromatic N) is 1. The number of carbonyl (C=O) groups excluding carboxylic acids is 2. The SMILES string of the molecule is COc1ccc2cc([C@](C)(CC(=O)N(C)CC(=O)OC(C)(C)C)C(=O)O)ccc2c1. The number of esters is 1. The monoisotopic (exact) mass is 415 g/mol. The predicted octanol–water partition coefficient (Wildman–Crippen LogP) is 3.38. The summed E-state index contributed by atoms with van der Waals surface area (Å²) >= 11 is 0. The van der Waals surface area contributed by atoms with Crippen LogP contribution in [0.2, 0.25) is 0 Å². The van der Waals surface area contributed by atoms with Crippen LogP contribution in [0.3, 0.4) is 0 Å². The Labute approximate surface area is 176 Å². The number of aliphatic carboxylic acids is 1. The van der Waals surface area contributed by atoms with E-state index in [1.807, 2.05) is 18.2 Å². The molecular weight excluding hydrogens is 386 g/mol. The molecule has 0 spiro atoms. The van der Waals surface area contributed by atoms with Crippen molar-refractivity contribution in [3.8, 4) is 5.75 Å². The van der Waals surface area contributed by atoms with Crippen LogP contribution in [0.4, 0.5) is 0 Å². The Kier molecular flexibility index (Phi) is 6.75. The van der Waals surface area contributed by atoms with E-state index in [0.29, 0.717) is 11.3 Å². The lowest BCUT2D eigenvalue weighted by Crippen LogP contribution is -2.42. The second kappa shape index (κ2) is 8.73. The molecule has 0 aliphatic rings. The highest BCUT2D eigenvalue weighted by Crippen LogP contribution is 2.32. The quantitative estimate of drug-likeness (QED) is 0.697. The number of carboxylic acid groups (broad SMARTS) is 1. The van der Waals surface area contributed by atoms with E-state index in [1.54, 1.807) is 46.1 Å². The van der Waals surface area contributed by atoms with Gasteiger partial charge in [0.1, 0.15) is 17.9 Å². The lowest BCUT2D eigenvalue weighted by Gasteiger charge is -2.28. The number of ether oxygens (including phenoxy) is 2. The summed E-state index contributed by atoms with van der Waals surface area (Å²) < 4.78 is 10.4. The smallest absolute Gasteiger partial charge is 0.326 e. The molecule has 7 nitrogen and oxygen atoms in total. The van der Waals surface area contributed by atoms with Gasteiger partial charge < -0.3 is 19.5 Å². The lowest BCUT2D eigenvalue weighted by atomic mass is 9.78. The van der Waals surface area contributed by atoms with Crippen molar-refractivity contribution in [2.75, 3.05) is 20.7 Å². The molecule has 0 aromatic heterocycles. The molecule has 2 rings (SSSR count). The summed E-state index contributed by atoms with van der Waals surface area (Å²) in [7, 11) is 3.04. The first-order valence-electron chi connectivity index (χ1n) is 9.63. The highest BCUT2D eigenvalue weighted by molar-refractivity contribution is 5.92. The molecule has 162 valence electrons. The third-order valence-corrected chi connectivity index (χ3v) is 4.87. The minimum absolute atomic E-state index is 0.247. The van der Waals surface area contributed by atoms with Crippen LogP contribution < -0.4 is 4.74 Å². The van der Waals surface area contributed by atoms with Gasteiger partial charge in [-0.05, 0) is 62.2 Å². The fourth-order valence-corrected chi connectivity index (χ4v) is 3.09. The van der Waals surface area contributed by atoms with Gasteiger partial charge >= 0.3 is 11.9 Å². The zero-order chi connectivity index (χ0) is 22.7. The van der Waals surface area contributed by atoms with Crippen LogP contribution in [0, 0.1) is 0 Å². The summed E-state index contributed by atoms with van der Waals surface area (Å²) in [5.74, 6) is -1.42. The second-order valence-corrected chi connectivity index (χ2v) is 8.58. The third-order valence-electron chi connectivity index (χ3n) is 4.87. The Balaban J connectivity index is 2.25. The van der Waals surface area contributed by atoms with Gasteiger partial charge in [0, 0.05) is 13.5 Å². The summed E-state index contributed by atoms with van der Waals surface area (Å²) in [6, 6.07) is 10.8. The minimum Gasteiger partial charge on any atom is -0.497 e. The van der Waals surface area contributed by atoms with Crippen LogP contribution in [-0.4, -0.2) is 54.2 Å². The van der Waals surface area contributed by atoms with Crippen LogP contribution in [0.15, 0.2) is 36.4 Å². The Morgan fingerprint density at radius 3 is 2.17 bits per heavy atom. The lowest BCUT2D eigenvalue weighted by molar-refractivity contribution is -0.158. The number of likely N-dealkylation sites (N-methyl/N-ethyl adjacent to an activating group) is 1. The van der Waals surface area contributed by atoms with Crippen molar-refractivity contribution in [3.05, 3.63) is 42.0 Å². The molecule has 1 atom stereocenters. The predicted molar refractivity (Wildman–Crippen MR) is 114 cm³/mol. The first-order valence-corrected chi connectivity index (χ1v) is 9.63. The van der Waals surface area contributed by atoms with Gasteiger partial charge in [0.25, 0.3) is 0 Å². The maximum atomic E-state index is 12.7. The molecule has 1 amide bonds. The Morgan fingerprint density at radius 1 is 1.00 bits per heavy atom. The molecule has 0 heterocycles. The number of carboxylic acids is 1. The van der Waals surface area contributed by atoms with Crippen LogP contribution in [0.25, 0.3) is 10.8 Å². The Bertz CT molecular complexity index is 962. The first kappa shape index (κ1) is 23.2. The number of carbonyl (C=O) groups is 3. The van der Waals surface area contributed by atoms with Gasteiger partial charge in [-0.2, -0.15) is 0 Å². The zero-order valence-corrected chi connectivity index (χ0v) is 18.3. The number of rotatable bonds is 7. The number of methoxy groups -OCH3 is 1. The topological polar surface area (TPSA) is 93.1 Å². The molecule has 2 aromatic carbocycles. The van der Waals surface area contributed by atoms with Crippen molar-refractivity contribution in [2.24, 2.45) is 0 Å². The largest absolute Gasteiger partial charge is 0.497 e. The number of hydrogen-bond acceptors (Lipinski definition) is 5. The molecule has 0 saturated heterocycles. The number of fused-ring (bicyclic) bond motifs is 1. The summed E-state index contributed by atoms with van der Waals surface area (Å²) in [6.45, 7) is 6.49. The highest BCUT2D eigenvalue weighted by Gasteiger charge is 2.39. The summed E-state index contributed by atoms with van der Waals surface area (Å²) in [4.78, 5) is 38.1. The molecule has 0 unspecified atom stereocenters. The van der Waals surface area contributed by atoms with Gasteiger partial charge in [-0.25, -0.2) is 0 Å². The molecule has 30 heavy (non-hydrogen) atoms. The molecule has 1 N–H and O–H groups in total. The Hall–Kier alpha value is -3.09. The summed E-state index contributed by atoms with van der Waals surface area (Å²) in [5.41, 5.74) is -1.61. The van der Waals surface area contributed by atoms with Crippen molar-refractivity contribution in [1.29, 1.82) is 0 Å². The van der Waals surface area contributed by atoms with Gasteiger partial charge in [-0.1, -0.05) is 18.2 Å². The fraction of sp³-hybridized carbons (Fsp3) is 0.435. The second-order valence-electron chi connectivity index (χ2n) is 8.58. The van der Waals surface area contributed by atoms with Crippen molar-refractivity contribution >= 4 is 28.6 Å². The number of hydrogen-bond donors (Lipinski definition) is 1. The molecule has 0 aliphatic heterocycles. The van der Waals surface area contributed by atoms with Gasteiger partial charge in [0.15, 0.2) is 0 Å².